The van der Waals surface area contributed by atoms with Crippen molar-refractivity contribution in [2.75, 3.05) is 12.4 Å². The molecule has 0 unspecified atom stereocenters. The molecule has 0 aliphatic heterocycles. The van der Waals surface area contributed by atoms with Gasteiger partial charge in [0.05, 0.1) is 16.1 Å². The summed E-state index contributed by atoms with van der Waals surface area (Å²) in [6.07, 6.45) is 7.99. The molecule has 1 N–H and O–H groups in total. The van der Waals surface area contributed by atoms with E-state index in [1.54, 1.807) is 0 Å². The largest absolute Gasteiger partial charge is 0.372 e. The molecule has 1 fully saturated rings. The third kappa shape index (κ3) is 2.01. The van der Waals surface area contributed by atoms with E-state index >= 15 is 0 Å². The minimum atomic E-state index is 0.591. The van der Waals surface area contributed by atoms with Crippen molar-refractivity contribution in [3.05, 3.63) is 22.3 Å². The average molecular weight is 341 g/mol. The fourth-order valence-corrected chi connectivity index (χ4v) is 2.32. The number of imidazole rings is 1. The number of nitrogens with one attached hydrogen (secondary N) is 1. The van der Waals surface area contributed by atoms with Gasteiger partial charge in [-0.05, 0) is 35.4 Å². The predicted molar refractivity (Wildman–Crippen MR) is 73.8 cm³/mol. The first-order valence-corrected chi connectivity index (χ1v) is 6.60. The second-order valence-corrected chi connectivity index (χ2v) is 5.22. The topological polar surface area (TPSA) is 55.6 Å². The van der Waals surface area contributed by atoms with Crippen LogP contribution in [0.15, 0.2) is 18.7 Å². The van der Waals surface area contributed by atoms with Crippen LogP contribution in [0.3, 0.4) is 0 Å². The van der Waals surface area contributed by atoms with Crippen molar-refractivity contribution < 1.29 is 0 Å². The van der Waals surface area contributed by atoms with Crippen LogP contribution in [0.5, 0.6) is 0 Å². The Kier molecular flexibility index (Phi) is 2.73. The van der Waals surface area contributed by atoms with E-state index in [1.807, 2.05) is 25.8 Å². The van der Waals surface area contributed by atoms with Gasteiger partial charge in [-0.15, -0.1) is 0 Å². The summed E-state index contributed by atoms with van der Waals surface area (Å²) < 4.78 is 3.19. The molecule has 88 valence electrons. The van der Waals surface area contributed by atoms with Gasteiger partial charge in [0.1, 0.15) is 11.5 Å². The predicted octanol–water partition coefficient (Wildman–Crippen LogP) is 2.32. The quantitative estimate of drug-likeness (QED) is 0.871. The van der Waals surface area contributed by atoms with E-state index in [2.05, 4.69) is 47.4 Å². The van der Waals surface area contributed by atoms with E-state index in [9.17, 15) is 0 Å². The fraction of sp³-hybridized carbons (Fsp3) is 0.364. The number of anilines is 1. The molecule has 0 saturated heterocycles. The molecule has 1 aliphatic carbocycles. The number of hydrogen-bond acceptors (Lipinski definition) is 4. The molecule has 0 bridgehead atoms. The van der Waals surface area contributed by atoms with Gasteiger partial charge in [-0.2, -0.15) is 0 Å². The lowest BCUT2D eigenvalue weighted by Crippen LogP contribution is -2.02. The summed E-state index contributed by atoms with van der Waals surface area (Å²) >= 11 is 2.22. The van der Waals surface area contributed by atoms with Crippen LogP contribution < -0.4 is 5.32 Å². The maximum absolute atomic E-state index is 4.51. The normalized spacial score (nSPS) is 14.9. The lowest BCUT2D eigenvalue weighted by molar-refractivity contribution is 0.743. The first-order chi connectivity index (χ1) is 8.29. The van der Waals surface area contributed by atoms with Gasteiger partial charge in [0.2, 0.25) is 0 Å². The molecule has 5 nitrogen and oxygen atoms in total. The first-order valence-electron chi connectivity index (χ1n) is 5.52. The van der Waals surface area contributed by atoms with E-state index in [0.717, 1.165) is 20.9 Å². The van der Waals surface area contributed by atoms with Crippen LogP contribution in [0.1, 0.15) is 18.9 Å². The van der Waals surface area contributed by atoms with Crippen molar-refractivity contribution in [3.63, 3.8) is 0 Å². The molecule has 3 rings (SSSR count). The third-order valence-corrected chi connectivity index (χ3v) is 3.61. The van der Waals surface area contributed by atoms with Gasteiger partial charge in [0.15, 0.2) is 5.82 Å². The molecule has 0 spiro atoms. The van der Waals surface area contributed by atoms with Gasteiger partial charge in [0, 0.05) is 19.3 Å². The maximum Gasteiger partial charge on any atom is 0.179 e. The molecule has 17 heavy (non-hydrogen) atoms. The Bertz CT molecular complexity index is 547. The summed E-state index contributed by atoms with van der Waals surface area (Å²) in [5, 5.41) is 3.07. The lowest BCUT2D eigenvalue weighted by Gasteiger charge is -2.07. The van der Waals surface area contributed by atoms with Crippen molar-refractivity contribution in [2.45, 2.75) is 18.9 Å². The summed E-state index contributed by atoms with van der Waals surface area (Å²) in [6, 6.07) is 0.591. The first kappa shape index (κ1) is 10.9. The molecule has 2 heterocycles. The molecule has 2 aromatic heterocycles. The number of rotatable bonds is 3. The summed E-state index contributed by atoms with van der Waals surface area (Å²) in [6.45, 7) is 0. The van der Waals surface area contributed by atoms with Gasteiger partial charge in [-0.3, -0.25) is 0 Å². The maximum atomic E-state index is 4.51. The van der Waals surface area contributed by atoms with Crippen LogP contribution in [-0.2, 0) is 0 Å². The highest BCUT2D eigenvalue weighted by Gasteiger charge is 2.26. The van der Waals surface area contributed by atoms with Crippen molar-refractivity contribution in [1.29, 1.82) is 0 Å². The minimum Gasteiger partial charge on any atom is -0.372 e. The van der Waals surface area contributed by atoms with E-state index in [0.29, 0.717) is 6.04 Å². The lowest BCUT2D eigenvalue weighted by atomic mass is 10.4. The van der Waals surface area contributed by atoms with Crippen LogP contribution in [0.4, 0.5) is 5.82 Å². The van der Waals surface area contributed by atoms with E-state index < -0.39 is 0 Å². The Balaban J connectivity index is 2.05. The van der Waals surface area contributed by atoms with Crippen LogP contribution in [0, 0.1) is 3.57 Å². The molecule has 1 saturated carbocycles. The van der Waals surface area contributed by atoms with Crippen LogP contribution in [-0.4, -0.2) is 26.6 Å². The number of halogens is 1. The van der Waals surface area contributed by atoms with Gasteiger partial charge in [0.25, 0.3) is 0 Å². The van der Waals surface area contributed by atoms with Crippen LogP contribution in [0.25, 0.3) is 11.5 Å². The molecule has 0 aromatic carbocycles. The van der Waals surface area contributed by atoms with E-state index in [4.69, 9.17) is 0 Å². The Morgan fingerprint density at radius 3 is 2.94 bits per heavy atom. The summed E-state index contributed by atoms with van der Waals surface area (Å²) in [4.78, 5) is 13.1. The van der Waals surface area contributed by atoms with Crippen molar-refractivity contribution in [3.8, 4) is 11.5 Å². The molecule has 0 atom stereocenters. The smallest absolute Gasteiger partial charge is 0.179 e. The van der Waals surface area contributed by atoms with Gasteiger partial charge >= 0.3 is 0 Å². The second-order valence-electron chi connectivity index (χ2n) is 4.06. The zero-order valence-corrected chi connectivity index (χ0v) is 11.5. The highest BCUT2D eigenvalue weighted by atomic mass is 127. The van der Waals surface area contributed by atoms with Gasteiger partial charge in [-0.1, -0.05) is 0 Å². The highest BCUT2D eigenvalue weighted by Crippen LogP contribution is 2.37. The number of nitrogens with zero attached hydrogens (tertiary/aromatic N) is 4. The average Bonchev–Trinajstić information content (AvgIpc) is 3.08. The third-order valence-electron chi connectivity index (χ3n) is 2.82. The van der Waals surface area contributed by atoms with Crippen molar-refractivity contribution in [2.24, 2.45) is 0 Å². The summed E-state index contributed by atoms with van der Waals surface area (Å²) in [7, 11) is 1.87. The van der Waals surface area contributed by atoms with Crippen molar-refractivity contribution in [1.82, 2.24) is 19.5 Å². The molecule has 1 aliphatic rings. The minimum absolute atomic E-state index is 0.591. The zero-order chi connectivity index (χ0) is 11.8. The molecular formula is C11H12IN5. The fourth-order valence-electron chi connectivity index (χ4n) is 1.79. The van der Waals surface area contributed by atoms with Crippen molar-refractivity contribution >= 4 is 28.4 Å². The molecule has 6 heteroatoms. The van der Waals surface area contributed by atoms with Gasteiger partial charge in [-0.25, -0.2) is 15.0 Å². The summed E-state index contributed by atoms with van der Waals surface area (Å²) in [5.74, 6) is 1.60. The van der Waals surface area contributed by atoms with E-state index in [-0.39, 0.29) is 0 Å². The van der Waals surface area contributed by atoms with Crippen LogP contribution >= 0.6 is 22.6 Å². The monoisotopic (exact) mass is 341 g/mol. The van der Waals surface area contributed by atoms with Crippen LogP contribution in [0.2, 0.25) is 0 Å². The highest BCUT2D eigenvalue weighted by molar-refractivity contribution is 14.1. The second kappa shape index (κ2) is 4.25. The zero-order valence-electron chi connectivity index (χ0n) is 9.39. The molecule has 0 radical (unpaired) electrons. The number of hydrogen-bond donors (Lipinski definition) is 1. The van der Waals surface area contributed by atoms with Gasteiger partial charge < -0.3 is 9.88 Å². The Labute approximate surface area is 113 Å². The molecular weight excluding hydrogens is 329 g/mol. The summed E-state index contributed by atoms with van der Waals surface area (Å²) in [5.41, 5.74) is 1.00. The standard InChI is InChI=1S/C11H12IN5/c1-13-10-8(12)4-15-11(16-10)9-5-14-6-17(9)7-2-3-7/h4-7H,2-3H2,1H3,(H,13,15,16). The Morgan fingerprint density at radius 1 is 1.41 bits per heavy atom. The Morgan fingerprint density at radius 2 is 2.24 bits per heavy atom. The van der Waals surface area contributed by atoms with E-state index in [1.165, 1.54) is 12.8 Å². The Hall–Kier alpha value is -1.18. The number of aromatic nitrogens is 4. The molecule has 0 amide bonds. The molecule has 2 aromatic rings. The SMILES string of the molecule is CNc1nc(-c2cncn2C2CC2)ncc1I.